The number of nitrogens with zero attached hydrogens (tertiary/aromatic N) is 1. The molecule has 2 N–H and O–H groups in total. The van der Waals surface area contributed by atoms with E-state index in [2.05, 4.69) is 6.58 Å². The summed E-state index contributed by atoms with van der Waals surface area (Å²) < 4.78 is 10.5. The van der Waals surface area contributed by atoms with E-state index in [0.717, 1.165) is 0 Å². The van der Waals surface area contributed by atoms with E-state index in [1.807, 2.05) is 0 Å². The summed E-state index contributed by atoms with van der Waals surface area (Å²) in [6.07, 6.45) is 1.47. The van der Waals surface area contributed by atoms with Gasteiger partial charge >= 0.3 is 5.97 Å². The van der Waals surface area contributed by atoms with Crippen LogP contribution in [0, 0.1) is 0 Å². The van der Waals surface area contributed by atoms with E-state index in [1.165, 1.54) is 36.8 Å². The summed E-state index contributed by atoms with van der Waals surface area (Å²) in [7, 11) is 1.33. The molecule has 8 heteroatoms. The molecule has 1 saturated heterocycles. The van der Waals surface area contributed by atoms with E-state index in [4.69, 9.17) is 15.2 Å². The second-order valence-corrected chi connectivity index (χ2v) is 6.91. The van der Waals surface area contributed by atoms with Crippen LogP contribution in [0.3, 0.4) is 0 Å². The molecule has 0 spiro atoms. The number of methoxy groups -OCH3 is 1. The van der Waals surface area contributed by atoms with Gasteiger partial charge in [-0.25, -0.2) is 4.79 Å². The summed E-state index contributed by atoms with van der Waals surface area (Å²) in [5.74, 6) is -1.56. The molecule has 0 aromatic carbocycles. The van der Waals surface area contributed by atoms with Crippen LogP contribution in [0.5, 0.6) is 0 Å². The minimum atomic E-state index is -1.50. The Kier molecular flexibility index (Phi) is 4.44. The minimum Gasteiger partial charge on any atom is -0.454 e. The zero-order chi connectivity index (χ0) is 17.6. The third-order valence-corrected chi connectivity index (χ3v) is 5.13. The molecule has 0 aromatic heterocycles. The molecule has 2 rings (SSSR count). The zero-order valence-corrected chi connectivity index (χ0v) is 14.3. The number of fused-ring (bicyclic) bond motifs is 1. The normalized spacial score (nSPS) is 30.0. The van der Waals surface area contributed by atoms with Gasteiger partial charge in [0, 0.05) is 12.7 Å². The maximum absolute atomic E-state index is 12.6. The lowest BCUT2D eigenvalue weighted by Gasteiger charge is -2.55. The SMILES string of the molecule is C=CC(C)(C)OC(=O)C1C(C(C)=O)=CS[C@H]2N1C(=O)C2(N)OC. The highest BCUT2D eigenvalue weighted by atomic mass is 32.2. The standard InChI is InChI=1S/C15H20N2O5S/c1-6-14(3,4)22-11(19)10-9(8(2)18)7-23-13-15(16,21-5)12(20)17(10)13/h6-7,10,13H,1,16H2,2-5H3/t10?,13-,15?/m1/s1. The van der Waals surface area contributed by atoms with Crippen LogP contribution in [0.15, 0.2) is 23.6 Å². The molecule has 1 fully saturated rings. The Hall–Kier alpha value is -1.64. The molecule has 0 aromatic rings. The fourth-order valence-electron chi connectivity index (χ4n) is 2.39. The molecule has 2 heterocycles. The number of ketones is 1. The predicted octanol–water partition coefficient (Wildman–Crippen LogP) is 0.552. The molecule has 2 unspecified atom stereocenters. The Morgan fingerprint density at radius 3 is 2.61 bits per heavy atom. The minimum absolute atomic E-state index is 0.197. The Morgan fingerprint density at radius 1 is 1.52 bits per heavy atom. The van der Waals surface area contributed by atoms with E-state index >= 15 is 0 Å². The summed E-state index contributed by atoms with van der Waals surface area (Å²) in [5, 5.41) is 0.955. The number of nitrogens with two attached hydrogens (primary N) is 1. The van der Waals surface area contributed by atoms with Crippen LogP contribution >= 0.6 is 11.8 Å². The van der Waals surface area contributed by atoms with Gasteiger partial charge in [0.25, 0.3) is 5.91 Å². The predicted molar refractivity (Wildman–Crippen MR) is 85.1 cm³/mol. The molecule has 23 heavy (non-hydrogen) atoms. The van der Waals surface area contributed by atoms with Crippen molar-refractivity contribution in [2.75, 3.05) is 7.11 Å². The maximum Gasteiger partial charge on any atom is 0.334 e. The molecule has 0 saturated carbocycles. The van der Waals surface area contributed by atoms with E-state index in [-0.39, 0.29) is 11.4 Å². The molecule has 0 bridgehead atoms. The number of amides is 1. The lowest BCUT2D eigenvalue weighted by Crippen LogP contribution is -2.81. The molecule has 1 amide bonds. The first-order chi connectivity index (χ1) is 10.6. The van der Waals surface area contributed by atoms with Gasteiger partial charge in [0.1, 0.15) is 11.0 Å². The molecular formula is C15H20N2O5S. The highest BCUT2D eigenvalue weighted by Crippen LogP contribution is 2.45. The van der Waals surface area contributed by atoms with Gasteiger partial charge < -0.3 is 14.4 Å². The van der Waals surface area contributed by atoms with Crippen LogP contribution in [-0.4, -0.2) is 52.4 Å². The van der Waals surface area contributed by atoms with Crippen LogP contribution in [-0.2, 0) is 23.9 Å². The number of carbonyl (C=O) groups excluding carboxylic acids is 3. The van der Waals surface area contributed by atoms with E-state index in [1.54, 1.807) is 19.3 Å². The lowest BCUT2D eigenvalue weighted by atomic mass is 9.94. The molecule has 3 atom stereocenters. The lowest BCUT2D eigenvalue weighted by molar-refractivity contribution is -0.195. The average Bonchev–Trinajstić information content (AvgIpc) is 2.51. The van der Waals surface area contributed by atoms with E-state index < -0.39 is 34.6 Å². The Labute approximate surface area is 138 Å². The Morgan fingerprint density at radius 2 is 2.13 bits per heavy atom. The summed E-state index contributed by atoms with van der Waals surface area (Å²) in [6.45, 7) is 8.25. The van der Waals surface area contributed by atoms with Gasteiger partial charge in [0.15, 0.2) is 11.8 Å². The molecule has 126 valence electrons. The smallest absolute Gasteiger partial charge is 0.334 e. The van der Waals surface area contributed by atoms with Crippen LogP contribution in [0.1, 0.15) is 20.8 Å². The van der Waals surface area contributed by atoms with E-state index in [9.17, 15) is 14.4 Å². The number of Topliss-reactive ketones (excluding diaryl/α,β-unsaturated/α-hetero) is 1. The van der Waals surface area contributed by atoms with Crippen molar-refractivity contribution in [1.82, 2.24) is 4.90 Å². The summed E-state index contributed by atoms with van der Waals surface area (Å²) in [5.41, 5.74) is 3.69. The van der Waals surface area contributed by atoms with Gasteiger partial charge in [-0.1, -0.05) is 6.58 Å². The summed E-state index contributed by atoms with van der Waals surface area (Å²) in [6, 6.07) is -1.13. The van der Waals surface area contributed by atoms with Gasteiger partial charge in [-0.15, -0.1) is 11.8 Å². The second-order valence-electron chi connectivity index (χ2n) is 5.96. The first-order valence-corrected chi connectivity index (χ1v) is 7.93. The fraction of sp³-hybridized carbons (Fsp3) is 0.533. The van der Waals surface area contributed by atoms with Crippen LogP contribution < -0.4 is 5.73 Å². The highest BCUT2D eigenvalue weighted by molar-refractivity contribution is 8.03. The average molecular weight is 340 g/mol. The van der Waals surface area contributed by atoms with Crippen LogP contribution in [0.4, 0.5) is 0 Å². The highest BCUT2D eigenvalue weighted by Gasteiger charge is 2.65. The van der Waals surface area contributed by atoms with Crippen molar-refractivity contribution in [2.24, 2.45) is 5.73 Å². The van der Waals surface area contributed by atoms with Gasteiger partial charge in [0.05, 0.1) is 0 Å². The molecule has 2 aliphatic heterocycles. The van der Waals surface area contributed by atoms with Crippen molar-refractivity contribution in [3.8, 4) is 0 Å². The van der Waals surface area contributed by atoms with Crippen molar-refractivity contribution in [3.63, 3.8) is 0 Å². The third-order valence-electron chi connectivity index (χ3n) is 3.91. The fourth-order valence-corrected chi connectivity index (χ4v) is 3.70. The maximum atomic E-state index is 12.6. The topological polar surface area (TPSA) is 98.9 Å². The molecular weight excluding hydrogens is 320 g/mol. The number of carbonyl (C=O) groups is 3. The molecule has 2 aliphatic rings. The number of hydrogen-bond donors (Lipinski definition) is 1. The number of ether oxygens (including phenoxy) is 2. The number of β-lactam (4-membered cyclic amide) rings is 1. The molecule has 7 nitrogen and oxygen atoms in total. The zero-order valence-electron chi connectivity index (χ0n) is 13.5. The van der Waals surface area contributed by atoms with Crippen molar-refractivity contribution < 1.29 is 23.9 Å². The third kappa shape index (κ3) is 2.71. The van der Waals surface area contributed by atoms with Gasteiger partial charge in [-0.05, 0) is 32.3 Å². The molecule has 0 radical (unpaired) electrons. The number of thioether (sulfide) groups is 1. The van der Waals surface area contributed by atoms with Gasteiger partial charge in [0.2, 0.25) is 5.72 Å². The van der Waals surface area contributed by atoms with Crippen molar-refractivity contribution in [1.29, 1.82) is 0 Å². The summed E-state index contributed by atoms with van der Waals surface area (Å²) >= 11 is 1.17. The summed E-state index contributed by atoms with van der Waals surface area (Å²) in [4.78, 5) is 38.0. The quantitative estimate of drug-likeness (QED) is 0.338. The van der Waals surface area contributed by atoms with Crippen molar-refractivity contribution >= 4 is 29.4 Å². The Bertz CT molecular complexity index is 615. The number of rotatable bonds is 5. The monoisotopic (exact) mass is 340 g/mol. The molecule has 0 aliphatic carbocycles. The van der Waals surface area contributed by atoms with Crippen LogP contribution in [0.2, 0.25) is 0 Å². The van der Waals surface area contributed by atoms with E-state index in [0.29, 0.717) is 0 Å². The van der Waals surface area contributed by atoms with Gasteiger partial charge in [-0.3, -0.25) is 15.3 Å². The van der Waals surface area contributed by atoms with Gasteiger partial charge in [-0.2, -0.15) is 0 Å². The first-order valence-electron chi connectivity index (χ1n) is 6.98. The Balaban J connectivity index is 2.37. The largest absolute Gasteiger partial charge is 0.454 e. The second kappa shape index (κ2) is 5.77. The van der Waals surface area contributed by atoms with Crippen molar-refractivity contribution in [2.45, 2.75) is 43.5 Å². The van der Waals surface area contributed by atoms with Crippen LogP contribution in [0.25, 0.3) is 0 Å². The first kappa shape index (κ1) is 17.7. The number of hydrogen-bond acceptors (Lipinski definition) is 7. The van der Waals surface area contributed by atoms with Crippen molar-refractivity contribution in [3.05, 3.63) is 23.6 Å². The number of esters is 1.